The van der Waals surface area contributed by atoms with E-state index in [2.05, 4.69) is 6.07 Å². The molecule has 3 nitrogen and oxygen atoms in total. The van der Waals surface area contributed by atoms with Crippen molar-refractivity contribution in [3.05, 3.63) is 59.2 Å². The van der Waals surface area contributed by atoms with Crippen LogP contribution in [0, 0.1) is 6.92 Å². The van der Waals surface area contributed by atoms with Gasteiger partial charge in [0.15, 0.2) is 0 Å². The molecule has 0 N–H and O–H groups in total. The summed E-state index contributed by atoms with van der Waals surface area (Å²) in [6.45, 7) is 2.71. The second-order valence-electron chi connectivity index (χ2n) is 5.02. The molecule has 0 radical (unpaired) electrons. The Morgan fingerprint density at radius 2 is 2.00 bits per heavy atom. The van der Waals surface area contributed by atoms with Gasteiger partial charge in [-0.15, -0.1) is 0 Å². The van der Waals surface area contributed by atoms with E-state index < -0.39 is 0 Å². The summed E-state index contributed by atoms with van der Waals surface area (Å²) in [5.74, 6) is 0.865. The molecule has 1 heterocycles. The molecule has 0 aromatic heterocycles. The number of carbonyl (C=O) groups excluding carboxylic acids is 1. The van der Waals surface area contributed by atoms with Crippen molar-refractivity contribution in [2.45, 2.75) is 13.3 Å². The van der Waals surface area contributed by atoms with Crippen molar-refractivity contribution in [2.24, 2.45) is 0 Å². The van der Waals surface area contributed by atoms with Gasteiger partial charge < -0.3 is 9.64 Å². The molecular formula is C17H17NO2. The number of hydrogen-bond acceptors (Lipinski definition) is 2. The van der Waals surface area contributed by atoms with E-state index in [1.807, 2.05) is 48.2 Å². The molecule has 0 unspecified atom stereocenters. The molecule has 2 aromatic rings. The third-order valence-corrected chi connectivity index (χ3v) is 3.77. The first-order chi connectivity index (χ1) is 9.70. The highest BCUT2D eigenvalue weighted by Crippen LogP contribution is 2.29. The average molecular weight is 267 g/mol. The lowest BCUT2D eigenvalue weighted by Gasteiger charge is -2.18. The van der Waals surface area contributed by atoms with Crippen LogP contribution in [0.3, 0.4) is 0 Å². The van der Waals surface area contributed by atoms with Gasteiger partial charge in [-0.25, -0.2) is 0 Å². The van der Waals surface area contributed by atoms with E-state index in [0.29, 0.717) is 5.56 Å². The number of rotatable bonds is 2. The topological polar surface area (TPSA) is 29.5 Å². The monoisotopic (exact) mass is 267 g/mol. The summed E-state index contributed by atoms with van der Waals surface area (Å²) in [6, 6.07) is 13.7. The molecule has 0 saturated heterocycles. The fourth-order valence-electron chi connectivity index (χ4n) is 2.72. The predicted octanol–water partition coefficient (Wildman–Crippen LogP) is 3.21. The lowest BCUT2D eigenvalue weighted by Crippen LogP contribution is -2.28. The summed E-state index contributed by atoms with van der Waals surface area (Å²) in [4.78, 5) is 14.5. The smallest absolute Gasteiger partial charge is 0.258 e. The molecule has 0 atom stereocenters. The van der Waals surface area contributed by atoms with Gasteiger partial charge in [-0.2, -0.15) is 0 Å². The molecule has 0 saturated carbocycles. The Kier molecular flexibility index (Phi) is 3.18. The van der Waals surface area contributed by atoms with Crippen molar-refractivity contribution in [1.29, 1.82) is 0 Å². The number of anilines is 1. The molecule has 0 spiro atoms. The third-order valence-electron chi connectivity index (χ3n) is 3.77. The quantitative estimate of drug-likeness (QED) is 0.836. The van der Waals surface area contributed by atoms with Crippen LogP contribution in [0.2, 0.25) is 0 Å². The second-order valence-corrected chi connectivity index (χ2v) is 5.02. The zero-order valence-electron chi connectivity index (χ0n) is 11.7. The van der Waals surface area contributed by atoms with Crippen LogP contribution in [-0.4, -0.2) is 19.6 Å². The minimum atomic E-state index is 0.0562. The van der Waals surface area contributed by atoms with Gasteiger partial charge in [0.1, 0.15) is 5.75 Å². The fourth-order valence-corrected chi connectivity index (χ4v) is 2.72. The maximum atomic E-state index is 12.6. The third kappa shape index (κ3) is 2.05. The fraction of sp³-hybridized carbons (Fsp3) is 0.235. The number of para-hydroxylation sites is 1. The zero-order chi connectivity index (χ0) is 14.1. The number of nitrogens with zero attached hydrogens (tertiary/aromatic N) is 1. The van der Waals surface area contributed by atoms with Crippen molar-refractivity contribution >= 4 is 11.6 Å². The van der Waals surface area contributed by atoms with Crippen LogP contribution in [0.15, 0.2) is 42.5 Å². The number of carbonyl (C=O) groups is 1. The molecule has 1 aliphatic rings. The Hall–Kier alpha value is -2.29. The maximum absolute atomic E-state index is 12.6. The Morgan fingerprint density at radius 1 is 1.20 bits per heavy atom. The summed E-state index contributed by atoms with van der Waals surface area (Å²) in [5.41, 5.74) is 3.96. The Bertz CT molecular complexity index is 664. The van der Waals surface area contributed by atoms with Gasteiger partial charge in [0.2, 0.25) is 0 Å². The van der Waals surface area contributed by atoms with Crippen LogP contribution in [0.4, 0.5) is 5.69 Å². The van der Waals surface area contributed by atoms with Crippen LogP contribution < -0.4 is 9.64 Å². The van der Waals surface area contributed by atoms with E-state index in [4.69, 9.17) is 4.74 Å². The van der Waals surface area contributed by atoms with Gasteiger partial charge >= 0.3 is 0 Å². The van der Waals surface area contributed by atoms with Gasteiger partial charge in [-0.05, 0) is 48.7 Å². The second kappa shape index (κ2) is 5.00. The largest absolute Gasteiger partial charge is 0.496 e. The van der Waals surface area contributed by atoms with Crippen LogP contribution in [0.5, 0.6) is 5.75 Å². The van der Waals surface area contributed by atoms with Crippen LogP contribution in [0.1, 0.15) is 21.5 Å². The minimum Gasteiger partial charge on any atom is -0.496 e. The minimum absolute atomic E-state index is 0.0562. The van der Waals surface area contributed by atoms with Crippen LogP contribution >= 0.6 is 0 Å². The number of hydrogen-bond donors (Lipinski definition) is 0. The van der Waals surface area contributed by atoms with Crippen molar-refractivity contribution in [1.82, 2.24) is 0 Å². The molecule has 2 aromatic carbocycles. The molecule has 0 bridgehead atoms. The maximum Gasteiger partial charge on any atom is 0.258 e. The van der Waals surface area contributed by atoms with E-state index in [1.165, 1.54) is 5.56 Å². The first kappa shape index (κ1) is 12.7. The summed E-state index contributed by atoms with van der Waals surface area (Å²) in [6.07, 6.45) is 0.928. The summed E-state index contributed by atoms with van der Waals surface area (Å²) in [7, 11) is 1.64. The molecule has 3 heteroatoms. The van der Waals surface area contributed by atoms with Crippen molar-refractivity contribution in [3.63, 3.8) is 0 Å². The predicted molar refractivity (Wildman–Crippen MR) is 79.6 cm³/mol. The van der Waals surface area contributed by atoms with Gasteiger partial charge in [-0.3, -0.25) is 4.79 Å². The molecule has 3 rings (SSSR count). The number of amides is 1. The Morgan fingerprint density at radius 3 is 2.75 bits per heavy atom. The van der Waals surface area contributed by atoms with E-state index >= 15 is 0 Å². The van der Waals surface area contributed by atoms with Crippen molar-refractivity contribution in [3.8, 4) is 5.75 Å². The number of fused-ring (bicyclic) bond motifs is 1. The highest BCUT2D eigenvalue weighted by molar-refractivity contribution is 6.07. The molecule has 102 valence electrons. The zero-order valence-corrected chi connectivity index (χ0v) is 11.7. The number of methoxy groups -OCH3 is 1. The molecule has 20 heavy (non-hydrogen) atoms. The number of aryl methyl sites for hydroxylation is 1. The summed E-state index contributed by atoms with van der Waals surface area (Å²) in [5, 5.41) is 0. The first-order valence-corrected chi connectivity index (χ1v) is 6.75. The lowest BCUT2D eigenvalue weighted by atomic mass is 10.1. The van der Waals surface area contributed by atoms with E-state index in [9.17, 15) is 4.79 Å². The highest BCUT2D eigenvalue weighted by atomic mass is 16.5. The molecule has 0 aliphatic carbocycles. The van der Waals surface area contributed by atoms with Crippen molar-refractivity contribution < 1.29 is 9.53 Å². The van der Waals surface area contributed by atoms with Gasteiger partial charge in [0.05, 0.1) is 7.11 Å². The van der Waals surface area contributed by atoms with E-state index in [1.54, 1.807) is 7.11 Å². The van der Waals surface area contributed by atoms with E-state index in [0.717, 1.165) is 30.0 Å². The van der Waals surface area contributed by atoms with Gasteiger partial charge in [0.25, 0.3) is 5.91 Å². The van der Waals surface area contributed by atoms with Gasteiger partial charge in [0, 0.05) is 17.8 Å². The van der Waals surface area contributed by atoms with Crippen molar-refractivity contribution in [2.75, 3.05) is 18.6 Å². The lowest BCUT2D eigenvalue weighted by molar-refractivity contribution is 0.0989. The van der Waals surface area contributed by atoms with Gasteiger partial charge in [-0.1, -0.05) is 18.2 Å². The summed E-state index contributed by atoms with van der Waals surface area (Å²) >= 11 is 0. The normalized spacial score (nSPS) is 13.2. The van der Waals surface area contributed by atoms with E-state index in [-0.39, 0.29) is 5.91 Å². The molecule has 1 aliphatic heterocycles. The van der Waals surface area contributed by atoms with Crippen LogP contribution in [-0.2, 0) is 6.42 Å². The SMILES string of the molecule is COc1ccc(C(=O)N2CCc3ccccc32)cc1C. The standard InChI is InChI=1S/C17H17NO2/c1-12-11-14(7-8-16(12)20-2)17(19)18-10-9-13-5-3-4-6-15(13)18/h3-8,11H,9-10H2,1-2H3. The number of benzene rings is 2. The average Bonchev–Trinajstić information content (AvgIpc) is 2.90. The summed E-state index contributed by atoms with van der Waals surface area (Å²) < 4.78 is 5.24. The molecule has 1 amide bonds. The molecular weight excluding hydrogens is 250 g/mol. The van der Waals surface area contributed by atoms with Crippen LogP contribution in [0.25, 0.3) is 0 Å². The Labute approximate surface area is 118 Å². The first-order valence-electron chi connectivity index (χ1n) is 6.75. The molecule has 0 fully saturated rings. The Balaban J connectivity index is 1.93. The number of ether oxygens (including phenoxy) is 1. The highest BCUT2D eigenvalue weighted by Gasteiger charge is 2.25.